The second-order valence-corrected chi connectivity index (χ2v) is 6.85. The van der Waals surface area contributed by atoms with Gasteiger partial charge in [-0.15, -0.1) is 0 Å². The maximum Gasteiger partial charge on any atom is 0.317 e. The van der Waals surface area contributed by atoms with E-state index in [4.69, 9.17) is 0 Å². The first-order valence-corrected chi connectivity index (χ1v) is 8.94. The highest BCUT2D eigenvalue weighted by molar-refractivity contribution is 5.74. The zero-order chi connectivity index (χ0) is 17.8. The molecule has 132 valence electrons. The Bertz CT molecular complexity index is 711. The lowest BCUT2D eigenvalue weighted by atomic mass is 10.00. The molecule has 1 heterocycles. The van der Waals surface area contributed by atoms with Crippen LogP contribution in [-0.4, -0.2) is 37.1 Å². The van der Waals surface area contributed by atoms with E-state index in [0.29, 0.717) is 6.54 Å². The third-order valence-corrected chi connectivity index (χ3v) is 4.94. The highest BCUT2D eigenvalue weighted by Crippen LogP contribution is 2.17. The molecule has 1 fully saturated rings. The Kier molecular flexibility index (Phi) is 5.27. The summed E-state index contributed by atoms with van der Waals surface area (Å²) >= 11 is 0. The molecule has 3 rings (SSSR count). The van der Waals surface area contributed by atoms with Crippen molar-refractivity contribution in [2.45, 2.75) is 27.3 Å². The summed E-state index contributed by atoms with van der Waals surface area (Å²) in [6.07, 6.45) is 0. The van der Waals surface area contributed by atoms with Crippen LogP contribution in [0.4, 0.5) is 10.5 Å². The number of hydrogen-bond acceptors (Lipinski definition) is 2. The van der Waals surface area contributed by atoms with Crippen molar-refractivity contribution in [3.8, 4) is 0 Å². The van der Waals surface area contributed by atoms with Gasteiger partial charge in [-0.05, 0) is 49.6 Å². The van der Waals surface area contributed by atoms with E-state index in [2.05, 4.69) is 67.4 Å². The van der Waals surface area contributed by atoms with Gasteiger partial charge < -0.3 is 15.1 Å². The Morgan fingerprint density at radius 2 is 1.56 bits per heavy atom. The summed E-state index contributed by atoms with van der Waals surface area (Å²) < 4.78 is 0. The lowest BCUT2D eigenvalue weighted by Gasteiger charge is -2.36. The minimum atomic E-state index is 0.0343. The van der Waals surface area contributed by atoms with E-state index in [0.717, 1.165) is 26.2 Å². The van der Waals surface area contributed by atoms with Gasteiger partial charge in [0, 0.05) is 38.4 Å². The van der Waals surface area contributed by atoms with Crippen LogP contribution in [0.15, 0.2) is 42.5 Å². The second-order valence-electron chi connectivity index (χ2n) is 6.85. The number of carbonyl (C=O) groups excluding carboxylic acids is 1. The first-order valence-electron chi connectivity index (χ1n) is 8.94. The van der Waals surface area contributed by atoms with Gasteiger partial charge in [-0.3, -0.25) is 0 Å². The lowest BCUT2D eigenvalue weighted by Crippen LogP contribution is -2.51. The topological polar surface area (TPSA) is 35.6 Å². The van der Waals surface area contributed by atoms with Gasteiger partial charge >= 0.3 is 6.03 Å². The van der Waals surface area contributed by atoms with Crippen LogP contribution in [0.1, 0.15) is 22.3 Å². The van der Waals surface area contributed by atoms with Crippen LogP contribution in [0.3, 0.4) is 0 Å². The molecule has 2 aromatic rings. The van der Waals surface area contributed by atoms with Crippen LogP contribution in [-0.2, 0) is 6.54 Å². The molecule has 25 heavy (non-hydrogen) atoms. The fourth-order valence-corrected chi connectivity index (χ4v) is 3.57. The number of anilines is 1. The summed E-state index contributed by atoms with van der Waals surface area (Å²) in [5, 5.41) is 3.09. The molecule has 1 N–H and O–H groups in total. The summed E-state index contributed by atoms with van der Waals surface area (Å²) in [6, 6.07) is 14.8. The number of urea groups is 1. The molecule has 4 heteroatoms. The van der Waals surface area contributed by atoms with Gasteiger partial charge in [-0.1, -0.05) is 35.9 Å². The van der Waals surface area contributed by atoms with Crippen LogP contribution >= 0.6 is 0 Å². The van der Waals surface area contributed by atoms with Crippen molar-refractivity contribution in [1.82, 2.24) is 10.2 Å². The van der Waals surface area contributed by atoms with Crippen LogP contribution in [0.2, 0.25) is 0 Å². The predicted octanol–water partition coefficient (Wildman–Crippen LogP) is 3.64. The molecule has 0 atom stereocenters. The van der Waals surface area contributed by atoms with Crippen LogP contribution in [0.5, 0.6) is 0 Å². The molecule has 2 amide bonds. The standard InChI is InChI=1S/C21H27N3O/c1-16-13-17(2)20(18(3)14-16)15-22-21(25)24-11-9-23(10-12-24)19-7-5-4-6-8-19/h4-8,13-14H,9-12,15H2,1-3H3,(H,22,25). The first-order chi connectivity index (χ1) is 12.0. The molecule has 0 bridgehead atoms. The van der Waals surface area contributed by atoms with Gasteiger partial charge in [0.1, 0.15) is 0 Å². The second kappa shape index (κ2) is 7.60. The van der Waals surface area contributed by atoms with E-state index in [1.54, 1.807) is 0 Å². The van der Waals surface area contributed by atoms with Crippen molar-refractivity contribution in [1.29, 1.82) is 0 Å². The normalized spacial score (nSPS) is 14.5. The van der Waals surface area contributed by atoms with Crippen molar-refractivity contribution in [2.24, 2.45) is 0 Å². The van der Waals surface area contributed by atoms with Crippen molar-refractivity contribution in [2.75, 3.05) is 31.1 Å². The number of nitrogens with one attached hydrogen (secondary N) is 1. The number of piperazine rings is 1. The van der Waals surface area contributed by atoms with E-state index < -0.39 is 0 Å². The minimum absolute atomic E-state index is 0.0343. The number of para-hydroxylation sites is 1. The van der Waals surface area contributed by atoms with E-state index in [1.807, 2.05) is 11.0 Å². The van der Waals surface area contributed by atoms with E-state index in [1.165, 1.54) is 27.9 Å². The number of benzene rings is 2. The summed E-state index contributed by atoms with van der Waals surface area (Å²) in [5.41, 5.74) is 6.20. The minimum Gasteiger partial charge on any atom is -0.368 e. The largest absolute Gasteiger partial charge is 0.368 e. The fraction of sp³-hybridized carbons (Fsp3) is 0.381. The van der Waals surface area contributed by atoms with Crippen molar-refractivity contribution in [3.05, 3.63) is 64.7 Å². The Balaban J connectivity index is 1.53. The van der Waals surface area contributed by atoms with Gasteiger partial charge in [0.2, 0.25) is 0 Å². The molecule has 1 aliphatic rings. The molecule has 0 aromatic heterocycles. The third kappa shape index (κ3) is 4.13. The fourth-order valence-electron chi connectivity index (χ4n) is 3.57. The van der Waals surface area contributed by atoms with Crippen molar-refractivity contribution < 1.29 is 4.79 Å². The Labute approximate surface area is 150 Å². The molecule has 0 aliphatic carbocycles. The molecule has 1 aliphatic heterocycles. The van der Waals surface area contributed by atoms with Crippen LogP contribution in [0.25, 0.3) is 0 Å². The first kappa shape index (κ1) is 17.3. The van der Waals surface area contributed by atoms with E-state index >= 15 is 0 Å². The summed E-state index contributed by atoms with van der Waals surface area (Å²) in [5.74, 6) is 0. The van der Waals surface area contributed by atoms with E-state index in [9.17, 15) is 4.79 Å². The molecule has 0 radical (unpaired) electrons. The highest BCUT2D eigenvalue weighted by atomic mass is 16.2. The van der Waals surface area contributed by atoms with Gasteiger partial charge in [0.25, 0.3) is 0 Å². The zero-order valence-corrected chi connectivity index (χ0v) is 15.4. The molecule has 4 nitrogen and oxygen atoms in total. The predicted molar refractivity (Wildman–Crippen MR) is 103 cm³/mol. The van der Waals surface area contributed by atoms with Gasteiger partial charge in [-0.2, -0.15) is 0 Å². The molecular weight excluding hydrogens is 310 g/mol. The Hall–Kier alpha value is -2.49. The summed E-state index contributed by atoms with van der Waals surface area (Å²) in [4.78, 5) is 16.7. The Morgan fingerprint density at radius 3 is 2.16 bits per heavy atom. The molecule has 1 saturated heterocycles. The van der Waals surface area contributed by atoms with Crippen molar-refractivity contribution >= 4 is 11.7 Å². The molecule has 0 spiro atoms. The number of nitrogens with zero attached hydrogens (tertiary/aromatic N) is 2. The molecule has 2 aromatic carbocycles. The van der Waals surface area contributed by atoms with Crippen LogP contribution < -0.4 is 10.2 Å². The molecule has 0 unspecified atom stereocenters. The number of rotatable bonds is 3. The smallest absolute Gasteiger partial charge is 0.317 e. The zero-order valence-electron chi connectivity index (χ0n) is 15.4. The number of hydrogen-bond donors (Lipinski definition) is 1. The van der Waals surface area contributed by atoms with E-state index in [-0.39, 0.29) is 6.03 Å². The average Bonchev–Trinajstić information content (AvgIpc) is 2.61. The Morgan fingerprint density at radius 1 is 0.960 bits per heavy atom. The van der Waals surface area contributed by atoms with Gasteiger partial charge in [0.05, 0.1) is 0 Å². The quantitative estimate of drug-likeness (QED) is 0.928. The van der Waals surface area contributed by atoms with Gasteiger partial charge in [0.15, 0.2) is 0 Å². The maximum atomic E-state index is 12.5. The lowest BCUT2D eigenvalue weighted by molar-refractivity contribution is 0.194. The average molecular weight is 337 g/mol. The molecular formula is C21H27N3O. The molecule has 0 saturated carbocycles. The third-order valence-electron chi connectivity index (χ3n) is 4.94. The highest BCUT2D eigenvalue weighted by Gasteiger charge is 2.21. The van der Waals surface area contributed by atoms with Crippen molar-refractivity contribution in [3.63, 3.8) is 0 Å². The number of aryl methyl sites for hydroxylation is 3. The monoisotopic (exact) mass is 337 g/mol. The SMILES string of the molecule is Cc1cc(C)c(CNC(=O)N2CCN(c3ccccc3)CC2)c(C)c1. The summed E-state index contributed by atoms with van der Waals surface area (Å²) in [7, 11) is 0. The number of carbonyl (C=O) groups is 1. The number of amides is 2. The van der Waals surface area contributed by atoms with Crippen LogP contribution in [0, 0.1) is 20.8 Å². The maximum absolute atomic E-state index is 12.5. The van der Waals surface area contributed by atoms with Gasteiger partial charge in [-0.25, -0.2) is 4.79 Å². The summed E-state index contributed by atoms with van der Waals surface area (Å²) in [6.45, 7) is 10.2.